The molecule has 0 spiro atoms. The van der Waals surface area contributed by atoms with Crippen molar-refractivity contribution in [3.05, 3.63) is 71.8 Å². The fraction of sp³-hybridized carbons (Fsp3) is 0.346. The summed E-state index contributed by atoms with van der Waals surface area (Å²) in [6, 6.07) is 17.1. The molecule has 2 aromatic rings. The van der Waals surface area contributed by atoms with Crippen LogP contribution in [0.2, 0.25) is 0 Å². The number of hydrogen-bond donors (Lipinski definition) is 1. The van der Waals surface area contributed by atoms with Gasteiger partial charge in [-0.1, -0.05) is 42.5 Å². The third-order valence-electron chi connectivity index (χ3n) is 6.33. The van der Waals surface area contributed by atoms with Gasteiger partial charge in [0.05, 0.1) is 6.42 Å². The van der Waals surface area contributed by atoms with Gasteiger partial charge < -0.3 is 20.0 Å². The standard InChI is InChI=1S/C26H30N4O3/c1-20-7-5-6-8-21(20)11-12-24(31)30-14-13-27-26(33)23(30)19-25(32)29-17-15-28(16-18-29)22-9-3-2-4-10-22/h2-12,23H,13-19H2,1H3,(H,27,33)/b12-11+/t23-/m0/s1. The van der Waals surface area contributed by atoms with E-state index in [0.29, 0.717) is 26.2 Å². The first kappa shape index (κ1) is 22.6. The molecule has 2 heterocycles. The van der Waals surface area contributed by atoms with Gasteiger partial charge in [-0.05, 0) is 36.3 Å². The van der Waals surface area contributed by atoms with E-state index in [9.17, 15) is 14.4 Å². The molecule has 1 atom stereocenters. The van der Waals surface area contributed by atoms with E-state index in [-0.39, 0.29) is 24.1 Å². The quantitative estimate of drug-likeness (QED) is 0.714. The molecular formula is C26H30N4O3. The normalized spacial score (nSPS) is 19.0. The number of para-hydroxylation sites is 1. The summed E-state index contributed by atoms with van der Waals surface area (Å²) < 4.78 is 0. The Morgan fingerprint density at radius 1 is 0.970 bits per heavy atom. The lowest BCUT2D eigenvalue weighted by atomic mass is 10.1. The van der Waals surface area contributed by atoms with Gasteiger partial charge in [0.1, 0.15) is 6.04 Å². The van der Waals surface area contributed by atoms with Gasteiger partial charge in [-0.3, -0.25) is 14.4 Å². The van der Waals surface area contributed by atoms with E-state index in [1.165, 1.54) is 11.0 Å². The van der Waals surface area contributed by atoms with Gasteiger partial charge in [-0.15, -0.1) is 0 Å². The third kappa shape index (κ3) is 5.42. The molecule has 1 N–H and O–H groups in total. The van der Waals surface area contributed by atoms with Crippen LogP contribution < -0.4 is 10.2 Å². The number of aryl methyl sites for hydroxylation is 1. The Morgan fingerprint density at radius 2 is 1.67 bits per heavy atom. The number of rotatable bonds is 5. The highest BCUT2D eigenvalue weighted by Crippen LogP contribution is 2.18. The average molecular weight is 447 g/mol. The van der Waals surface area contributed by atoms with Crippen molar-refractivity contribution in [1.82, 2.24) is 15.1 Å². The van der Waals surface area contributed by atoms with Crippen molar-refractivity contribution in [2.24, 2.45) is 0 Å². The van der Waals surface area contributed by atoms with E-state index < -0.39 is 6.04 Å². The topological polar surface area (TPSA) is 73.0 Å². The van der Waals surface area contributed by atoms with Crippen molar-refractivity contribution in [3.8, 4) is 0 Å². The van der Waals surface area contributed by atoms with E-state index >= 15 is 0 Å². The molecule has 2 aliphatic heterocycles. The van der Waals surface area contributed by atoms with Gasteiger partial charge in [0.25, 0.3) is 0 Å². The van der Waals surface area contributed by atoms with Crippen molar-refractivity contribution >= 4 is 29.5 Å². The number of benzene rings is 2. The number of piperazine rings is 2. The molecule has 33 heavy (non-hydrogen) atoms. The van der Waals surface area contributed by atoms with E-state index in [4.69, 9.17) is 0 Å². The summed E-state index contributed by atoms with van der Waals surface area (Å²) in [5.41, 5.74) is 3.17. The van der Waals surface area contributed by atoms with E-state index in [2.05, 4.69) is 22.3 Å². The summed E-state index contributed by atoms with van der Waals surface area (Å²) in [6.07, 6.45) is 3.27. The summed E-state index contributed by atoms with van der Waals surface area (Å²) in [5, 5.41) is 2.80. The van der Waals surface area contributed by atoms with Gasteiger partial charge in [0, 0.05) is 51.0 Å². The molecular weight excluding hydrogens is 416 g/mol. The summed E-state index contributed by atoms with van der Waals surface area (Å²) in [7, 11) is 0. The fourth-order valence-electron chi connectivity index (χ4n) is 4.36. The van der Waals surface area contributed by atoms with Crippen LogP contribution >= 0.6 is 0 Å². The minimum atomic E-state index is -0.785. The number of carbonyl (C=O) groups excluding carboxylic acids is 3. The van der Waals surface area contributed by atoms with Crippen LogP contribution in [0.5, 0.6) is 0 Å². The van der Waals surface area contributed by atoms with Crippen LogP contribution in [-0.4, -0.2) is 72.8 Å². The second-order valence-corrected chi connectivity index (χ2v) is 8.44. The molecule has 2 fully saturated rings. The molecule has 2 aromatic carbocycles. The Kier molecular flexibility index (Phi) is 7.07. The first-order valence-electron chi connectivity index (χ1n) is 11.4. The molecule has 0 aromatic heterocycles. The van der Waals surface area contributed by atoms with Crippen LogP contribution in [0.3, 0.4) is 0 Å². The molecule has 0 bridgehead atoms. The number of hydrogen-bond acceptors (Lipinski definition) is 4. The highest BCUT2D eigenvalue weighted by molar-refractivity contribution is 5.98. The Bertz CT molecular complexity index is 1030. The molecule has 4 rings (SSSR count). The largest absolute Gasteiger partial charge is 0.368 e. The maximum absolute atomic E-state index is 13.0. The van der Waals surface area contributed by atoms with E-state index in [0.717, 1.165) is 29.9 Å². The van der Waals surface area contributed by atoms with Gasteiger partial charge >= 0.3 is 0 Å². The Balaban J connectivity index is 1.38. The Morgan fingerprint density at radius 3 is 2.39 bits per heavy atom. The van der Waals surface area contributed by atoms with Crippen molar-refractivity contribution in [1.29, 1.82) is 0 Å². The molecule has 7 heteroatoms. The van der Waals surface area contributed by atoms with Crippen LogP contribution in [0.4, 0.5) is 5.69 Å². The first-order chi connectivity index (χ1) is 16.0. The number of anilines is 1. The summed E-state index contributed by atoms with van der Waals surface area (Å²) in [5.74, 6) is -0.611. The lowest BCUT2D eigenvalue weighted by Gasteiger charge is -2.38. The zero-order valence-electron chi connectivity index (χ0n) is 18.9. The molecule has 0 aliphatic carbocycles. The zero-order chi connectivity index (χ0) is 23.2. The van der Waals surface area contributed by atoms with Crippen LogP contribution in [0.1, 0.15) is 17.5 Å². The van der Waals surface area contributed by atoms with Gasteiger partial charge in [-0.25, -0.2) is 0 Å². The number of nitrogens with zero attached hydrogens (tertiary/aromatic N) is 3. The van der Waals surface area contributed by atoms with Crippen LogP contribution in [0.25, 0.3) is 6.08 Å². The fourth-order valence-corrected chi connectivity index (χ4v) is 4.36. The lowest BCUT2D eigenvalue weighted by Crippen LogP contribution is -2.59. The predicted molar refractivity (Wildman–Crippen MR) is 129 cm³/mol. The van der Waals surface area contributed by atoms with Crippen molar-refractivity contribution in [2.45, 2.75) is 19.4 Å². The maximum atomic E-state index is 13.0. The molecule has 2 aliphatic rings. The first-order valence-corrected chi connectivity index (χ1v) is 11.4. The van der Waals surface area contributed by atoms with E-state index in [1.54, 1.807) is 11.0 Å². The van der Waals surface area contributed by atoms with Gasteiger partial charge in [-0.2, -0.15) is 0 Å². The van der Waals surface area contributed by atoms with Gasteiger partial charge in [0.2, 0.25) is 17.7 Å². The smallest absolute Gasteiger partial charge is 0.247 e. The maximum Gasteiger partial charge on any atom is 0.247 e. The SMILES string of the molecule is Cc1ccccc1/C=C/C(=O)N1CCNC(=O)[C@@H]1CC(=O)N1CCN(c2ccccc2)CC1. The zero-order valence-corrected chi connectivity index (χ0v) is 18.9. The summed E-state index contributed by atoms with van der Waals surface area (Å²) in [4.78, 5) is 44.1. The Labute approximate surface area is 194 Å². The minimum Gasteiger partial charge on any atom is -0.368 e. The predicted octanol–water partition coefficient (Wildman–Crippen LogP) is 2.07. The number of amides is 3. The second-order valence-electron chi connectivity index (χ2n) is 8.44. The van der Waals surface area contributed by atoms with Crippen LogP contribution in [-0.2, 0) is 14.4 Å². The second kappa shape index (κ2) is 10.3. The summed E-state index contributed by atoms with van der Waals surface area (Å²) in [6.45, 7) is 5.46. The monoisotopic (exact) mass is 446 g/mol. The van der Waals surface area contributed by atoms with Gasteiger partial charge in [0.15, 0.2) is 0 Å². The average Bonchev–Trinajstić information content (AvgIpc) is 2.85. The Hall–Kier alpha value is -3.61. The highest BCUT2D eigenvalue weighted by atomic mass is 16.2. The molecule has 0 unspecified atom stereocenters. The number of nitrogens with one attached hydrogen (secondary N) is 1. The third-order valence-corrected chi connectivity index (χ3v) is 6.33. The molecule has 7 nitrogen and oxygen atoms in total. The molecule has 2 saturated heterocycles. The number of carbonyl (C=O) groups is 3. The van der Waals surface area contributed by atoms with Crippen molar-refractivity contribution in [3.63, 3.8) is 0 Å². The van der Waals surface area contributed by atoms with Crippen molar-refractivity contribution in [2.75, 3.05) is 44.2 Å². The summed E-state index contributed by atoms with van der Waals surface area (Å²) >= 11 is 0. The van der Waals surface area contributed by atoms with Crippen molar-refractivity contribution < 1.29 is 14.4 Å². The van der Waals surface area contributed by atoms with Crippen LogP contribution in [0.15, 0.2) is 60.7 Å². The highest BCUT2D eigenvalue weighted by Gasteiger charge is 2.35. The molecule has 172 valence electrons. The molecule has 3 amide bonds. The minimum absolute atomic E-state index is 0.00111. The lowest BCUT2D eigenvalue weighted by molar-refractivity contribution is -0.144. The van der Waals surface area contributed by atoms with Crippen LogP contribution in [0, 0.1) is 6.92 Å². The molecule has 0 radical (unpaired) electrons. The molecule has 0 saturated carbocycles. The van der Waals surface area contributed by atoms with E-state index in [1.807, 2.05) is 49.4 Å².